The van der Waals surface area contributed by atoms with Crippen molar-refractivity contribution in [1.82, 2.24) is 9.97 Å². The number of halogens is 1. The van der Waals surface area contributed by atoms with E-state index in [1.165, 1.54) is 0 Å². The lowest BCUT2D eigenvalue weighted by atomic mass is 10.1. The molecule has 0 bridgehead atoms. The first-order valence-corrected chi connectivity index (χ1v) is 6.20. The fourth-order valence-electron chi connectivity index (χ4n) is 1.55. The molecular weight excluding hydrogens is 248 g/mol. The molecule has 0 unspecified atom stereocenters. The second kappa shape index (κ2) is 6.33. The van der Waals surface area contributed by atoms with Crippen molar-refractivity contribution in [2.24, 2.45) is 5.73 Å². The third kappa shape index (κ3) is 3.42. The van der Waals surface area contributed by atoms with Crippen molar-refractivity contribution in [3.05, 3.63) is 41.6 Å². The molecule has 18 heavy (non-hydrogen) atoms. The van der Waals surface area contributed by atoms with Crippen molar-refractivity contribution < 1.29 is 0 Å². The number of hydrogen-bond acceptors (Lipinski definition) is 4. The van der Waals surface area contributed by atoms with Gasteiger partial charge in [-0.15, -0.1) is 0 Å². The second-order valence-corrected chi connectivity index (χ2v) is 4.28. The Morgan fingerprint density at radius 3 is 2.94 bits per heavy atom. The number of benzene rings is 1. The van der Waals surface area contributed by atoms with Gasteiger partial charge in [-0.1, -0.05) is 23.7 Å². The predicted octanol–water partition coefficient (Wildman–Crippen LogP) is 2.56. The number of hydrogen-bond donors (Lipinski definition) is 2. The molecule has 1 aromatic carbocycles. The normalized spacial score (nSPS) is 10.3. The molecule has 5 heteroatoms. The lowest BCUT2D eigenvalue weighted by Crippen LogP contribution is -2.10. The van der Waals surface area contributed by atoms with Gasteiger partial charge < -0.3 is 11.1 Å². The van der Waals surface area contributed by atoms with E-state index in [9.17, 15) is 0 Å². The van der Waals surface area contributed by atoms with Crippen molar-refractivity contribution in [3.8, 4) is 11.3 Å². The molecular formula is C13H15ClN4. The average molecular weight is 263 g/mol. The Kier molecular flexibility index (Phi) is 4.50. The molecule has 0 aliphatic heterocycles. The van der Waals surface area contributed by atoms with Crippen molar-refractivity contribution in [2.45, 2.75) is 6.42 Å². The molecule has 0 saturated carbocycles. The SMILES string of the molecule is NCCCNc1nccc(-c2cccc(Cl)c2)n1. The molecule has 1 heterocycles. The van der Waals surface area contributed by atoms with Crippen LogP contribution in [0.5, 0.6) is 0 Å². The van der Waals surface area contributed by atoms with E-state index in [0.29, 0.717) is 17.5 Å². The minimum absolute atomic E-state index is 0.612. The number of nitrogens with one attached hydrogen (secondary N) is 1. The van der Waals surface area contributed by atoms with Crippen molar-refractivity contribution >= 4 is 17.5 Å². The van der Waals surface area contributed by atoms with Crippen LogP contribution in [0.1, 0.15) is 6.42 Å². The highest BCUT2D eigenvalue weighted by Gasteiger charge is 2.02. The van der Waals surface area contributed by atoms with E-state index in [2.05, 4.69) is 15.3 Å². The molecule has 0 aliphatic rings. The zero-order valence-corrected chi connectivity index (χ0v) is 10.7. The van der Waals surface area contributed by atoms with Gasteiger partial charge in [0.1, 0.15) is 0 Å². The van der Waals surface area contributed by atoms with Gasteiger partial charge in [0.05, 0.1) is 5.69 Å². The molecule has 3 N–H and O–H groups in total. The summed E-state index contributed by atoms with van der Waals surface area (Å²) in [6, 6.07) is 9.46. The zero-order valence-electron chi connectivity index (χ0n) is 9.94. The smallest absolute Gasteiger partial charge is 0.223 e. The third-order valence-electron chi connectivity index (χ3n) is 2.44. The number of rotatable bonds is 5. The zero-order chi connectivity index (χ0) is 12.8. The summed E-state index contributed by atoms with van der Waals surface area (Å²) < 4.78 is 0. The summed E-state index contributed by atoms with van der Waals surface area (Å²) in [6.07, 6.45) is 2.62. The quantitative estimate of drug-likeness (QED) is 0.813. The predicted molar refractivity (Wildman–Crippen MR) is 74.6 cm³/mol. The van der Waals surface area contributed by atoms with E-state index >= 15 is 0 Å². The lowest BCUT2D eigenvalue weighted by Gasteiger charge is -2.06. The molecule has 0 saturated heterocycles. The van der Waals surface area contributed by atoms with Gasteiger partial charge in [0.15, 0.2) is 0 Å². The minimum atomic E-state index is 0.612. The molecule has 4 nitrogen and oxygen atoms in total. The summed E-state index contributed by atoms with van der Waals surface area (Å²) in [4.78, 5) is 8.60. The van der Waals surface area contributed by atoms with Gasteiger partial charge in [0.2, 0.25) is 5.95 Å². The van der Waals surface area contributed by atoms with Crippen LogP contribution in [0.25, 0.3) is 11.3 Å². The van der Waals surface area contributed by atoms with E-state index in [-0.39, 0.29) is 0 Å². The fraction of sp³-hybridized carbons (Fsp3) is 0.231. The molecule has 0 atom stereocenters. The Bertz CT molecular complexity index is 516. The van der Waals surface area contributed by atoms with E-state index < -0.39 is 0 Å². The standard InChI is InChI=1S/C13H15ClN4/c14-11-4-1-3-10(9-11)12-5-8-17-13(18-12)16-7-2-6-15/h1,3-5,8-9H,2,6-7,15H2,(H,16,17,18). The number of nitrogens with zero attached hydrogens (tertiary/aromatic N) is 2. The third-order valence-corrected chi connectivity index (χ3v) is 2.68. The topological polar surface area (TPSA) is 63.8 Å². The average Bonchev–Trinajstić information content (AvgIpc) is 2.39. The van der Waals surface area contributed by atoms with Crippen LogP contribution in [-0.4, -0.2) is 23.1 Å². The van der Waals surface area contributed by atoms with Crippen LogP contribution < -0.4 is 11.1 Å². The Labute approximate surface area is 111 Å². The molecule has 0 fully saturated rings. The number of aromatic nitrogens is 2. The van der Waals surface area contributed by atoms with Crippen molar-refractivity contribution in [3.63, 3.8) is 0 Å². The Hall–Kier alpha value is -1.65. The fourth-order valence-corrected chi connectivity index (χ4v) is 1.74. The van der Waals surface area contributed by atoms with Crippen molar-refractivity contribution in [2.75, 3.05) is 18.4 Å². The number of anilines is 1. The maximum absolute atomic E-state index is 5.96. The van der Waals surface area contributed by atoms with Crippen LogP contribution >= 0.6 is 11.6 Å². The Morgan fingerprint density at radius 1 is 1.28 bits per heavy atom. The van der Waals surface area contributed by atoms with Crippen LogP contribution in [0.3, 0.4) is 0 Å². The minimum Gasteiger partial charge on any atom is -0.354 e. The first-order valence-electron chi connectivity index (χ1n) is 5.82. The van der Waals surface area contributed by atoms with Gasteiger partial charge in [0.25, 0.3) is 0 Å². The summed E-state index contributed by atoms with van der Waals surface area (Å²) >= 11 is 5.96. The molecule has 2 aromatic rings. The van der Waals surface area contributed by atoms with E-state index in [1.807, 2.05) is 30.3 Å². The lowest BCUT2D eigenvalue weighted by molar-refractivity contribution is 0.864. The summed E-state index contributed by atoms with van der Waals surface area (Å²) in [6.45, 7) is 1.43. The van der Waals surface area contributed by atoms with E-state index in [1.54, 1.807) is 6.20 Å². The molecule has 0 amide bonds. The second-order valence-electron chi connectivity index (χ2n) is 3.84. The van der Waals surface area contributed by atoms with Gasteiger partial charge in [0, 0.05) is 23.3 Å². The molecule has 94 valence electrons. The van der Waals surface area contributed by atoms with Gasteiger partial charge in [-0.3, -0.25) is 0 Å². The molecule has 0 aliphatic carbocycles. The van der Waals surface area contributed by atoms with E-state index in [0.717, 1.165) is 24.2 Å². The highest BCUT2D eigenvalue weighted by atomic mass is 35.5. The summed E-state index contributed by atoms with van der Waals surface area (Å²) in [5.41, 5.74) is 7.26. The van der Waals surface area contributed by atoms with Gasteiger partial charge in [-0.25, -0.2) is 9.97 Å². The van der Waals surface area contributed by atoms with E-state index in [4.69, 9.17) is 17.3 Å². The molecule has 1 aromatic heterocycles. The Morgan fingerprint density at radius 2 is 2.17 bits per heavy atom. The van der Waals surface area contributed by atoms with Crippen LogP contribution in [-0.2, 0) is 0 Å². The molecule has 0 spiro atoms. The number of nitrogens with two attached hydrogens (primary N) is 1. The van der Waals surface area contributed by atoms with Crippen LogP contribution in [0, 0.1) is 0 Å². The molecule has 0 radical (unpaired) electrons. The maximum Gasteiger partial charge on any atom is 0.223 e. The highest BCUT2D eigenvalue weighted by molar-refractivity contribution is 6.30. The summed E-state index contributed by atoms with van der Waals surface area (Å²) in [5, 5.41) is 3.83. The largest absolute Gasteiger partial charge is 0.354 e. The maximum atomic E-state index is 5.96. The van der Waals surface area contributed by atoms with Crippen LogP contribution in [0.15, 0.2) is 36.5 Å². The highest BCUT2D eigenvalue weighted by Crippen LogP contribution is 2.21. The van der Waals surface area contributed by atoms with Crippen LogP contribution in [0.4, 0.5) is 5.95 Å². The summed E-state index contributed by atoms with van der Waals surface area (Å²) in [7, 11) is 0. The first kappa shape index (κ1) is 12.8. The van der Waals surface area contributed by atoms with Crippen LogP contribution in [0.2, 0.25) is 5.02 Å². The first-order chi connectivity index (χ1) is 8.79. The van der Waals surface area contributed by atoms with Gasteiger partial charge in [-0.05, 0) is 31.2 Å². The monoisotopic (exact) mass is 262 g/mol. The Balaban J connectivity index is 2.16. The van der Waals surface area contributed by atoms with Gasteiger partial charge >= 0.3 is 0 Å². The van der Waals surface area contributed by atoms with Gasteiger partial charge in [-0.2, -0.15) is 0 Å². The van der Waals surface area contributed by atoms with Crippen molar-refractivity contribution in [1.29, 1.82) is 0 Å². The molecule has 2 rings (SSSR count). The summed E-state index contributed by atoms with van der Waals surface area (Å²) in [5.74, 6) is 0.612.